The molecule has 0 aliphatic heterocycles. The summed E-state index contributed by atoms with van der Waals surface area (Å²) in [4.78, 5) is 0.224. The van der Waals surface area contributed by atoms with E-state index in [2.05, 4.69) is 4.40 Å². The summed E-state index contributed by atoms with van der Waals surface area (Å²) in [6.45, 7) is 1.91. The van der Waals surface area contributed by atoms with E-state index in [0.29, 0.717) is 6.42 Å². The highest BCUT2D eigenvalue weighted by atomic mass is 32.2. The molecule has 2 aromatic carbocycles. The maximum absolute atomic E-state index is 11.9. The molecule has 3 nitrogen and oxygen atoms in total. The number of nitrogens with zero attached hydrogens (tertiary/aromatic N) is 1. The molecule has 0 saturated heterocycles. The summed E-state index contributed by atoms with van der Waals surface area (Å²) in [6, 6.07) is 16.3. The Kier molecular flexibility index (Phi) is 4.12. The zero-order valence-corrected chi connectivity index (χ0v) is 11.5. The second-order valence-corrected chi connectivity index (χ2v) is 5.90. The van der Waals surface area contributed by atoms with Gasteiger partial charge in [-0.2, -0.15) is 12.8 Å². The third-order valence-corrected chi connectivity index (χ3v) is 4.00. The van der Waals surface area contributed by atoms with Crippen LogP contribution in [0.1, 0.15) is 11.1 Å². The Hall–Kier alpha value is -1.94. The van der Waals surface area contributed by atoms with Gasteiger partial charge in [-0.25, -0.2) is 0 Å². The number of sulfonamides is 1. The van der Waals surface area contributed by atoms with Crippen molar-refractivity contribution in [1.29, 1.82) is 0 Å². The number of benzene rings is 2. The van der Waals surface area contributed by atoms with Gasteiger partial charge < -0.3 is 0 Å². The van der Waals surface area contributed by atoms with Gasteiger partial charge in [-0.05, 0) is 24.6 Å². The molecular formula is C15H15NO2S. The lowest BCUT2D eigenvalue weighted by molar-refractivity contribution is 0.598. The van der Waals surface area contributed by atoms with Gasteiger partial charge in [0.15, 0.2) is 0 Å². The number of aryl methyl sites for hydroxylation is 1. The predicted molar refractivity (Wildman–Crippen MR) is 77.0 cm³/mol. The minimum absolute atomic E-state index is 0.224. The number of hydrogen-bond donors (Lipinski definition) is 0. The lowest BCUT2D eigenvalue weighted by atomic mass is 10.2. The van der Waals surface area contributed by atoms with E-state index in [9.17, 15) is 8.42 Å². The van der Waals surface area contributed by atoms with Crippen LogP contribution >= 0.6 is 0 Å². The van der Waals surface area contributed by atoms with Gasteiger partial charge in [-0.3, -0.25) is 0 Å². The molecule has 2 rings (SSSR count). The largest absolute Gasteiger partial charge is 0.281 e. The summed E-state index contributed by atoms with van der Waals surface area (Å²) < 4.78 is 27.6. The van der Waals surface area contributed by atoms with Gasteiger partial charge in [0.05, 0.1) is 4.90 Å². The third-order valence-electron chi connectivity index (χ3n) is 2.70. The maximum atomic E-state index is 11.9. The molecule has 0 atom stereocenters. The first-order valence-corrected chi connectivity index (χ1v) is 7.41. The molecule has 0 unspecified atom stereocenters. The van der Waals surface area contributed by atoms with Crippen molar-refractivity contribution in [3.63, 3.8) is 0 Å². The molecule has 0 heterocycles. The van der Waals surface area contributed by atoms with Crippen LogP contribution < -0.4 is 0 Å². The third kappa shape index (κ3) is 3.76. The van der Waals surface area contributed by atoms with Crippen LogP contribution in [0.25, 0.3) is 0 Å². The van der Waals surface area contributed by atoms with Gasteiger partial charge in [-0.15, -0.1) is 0 Å². The lowest BCUT2D eigenvalue weighted by Crippen LogP contribution is -1.98. The molecule has 0 radical (unpaired) electrons. The molecule has 0 bridgehead atoms. The summed E-state index contributed by atoms with van der Waals surface area (Å²) in [7, 11) is -3.58. The van der Waals surface area contributed by atoms with Crippen LogP contribution in [-0.4, -0.2) is 14.6 Å². The van der Waals surface area contributed by atoms with E-state index in [1.54, 1.807) is 24.3 Å². The number of rotatable bonds is 4. The first kappa shape index (κ1) is 13.5. The van der Waals surface area contributed by atoms with Crippen LogP contribution in [0.2, 0.25) is 0 Å². The summed E-state index contributed by atoms with van der Waals surface area (Å²) in [5.74, 6) is 0. The fourth-order valence-electron chi connectivity index (χ4n) is 1.63. The zero-order valence-electron chi connectivity index (χ0n) is 10.7. The van der Waals surface area contributed by atoms with Crippen molar-refractivity contribution in [1.82, 2.24) is 0 Å². The van der Waals surface area contributed by atoms with E-state index in [1.165, 1.54) is 6.21 Å². The van der Waals surface area contributed by atoms with Crippen molar-refractivity contribution in [2.75, 3.05) is 0 Å². The molecule has 0 N–H and O–H groups in total. The average Bonchev–Trinajstić information content (AvgIpc) is 2.40. The van der Waals surface area contributed by atoms with Gasteiger partial charge >= 0.3 is 0 Å². The first-order chi connectivity index (χ1) is 9.08. The van der Waals surface area contributed by atoms with E-state index >= 15 is 0 Å². The van der Waals surface area contributed by atoms with E-state index in [4.69, 9.17) is 0 Å². The Labute approximate surface area is 113 Å². The normalized spacial score (nSPS) is 11.8. The van der Waals surface area contributed by atoms with Crippen LogP contribution in [0.4, 0.5) is 0 Å². The molecule has 0 fully saturated rings. The van der Waals surface area contributed by atoms with Crippen molar-refractivity contribution < 1.29 is 8.42 Å². The highest BCUT2D eigenvalue weighted by molar-refractivity contribution is 7.90. The molecule has 19 heavy (non-hydrogen) atoms. The summed E-state index contributed by atoms with van der Waals surface area (Å²) in [5, 5.41) is 0. The van der Waals surface area contributed by atoms with Gasteiger partial charge in [0.25, 0.3) is 10.0 Å². The van der Waals surface area contributed by atoms with Gasteiger partial charge in [0.2, 0.25) is 0 Å². The molecular weight excluding hydrogens is 258 g/mol. The van der Waals surface area contributed by atoms with Crippen LogP contribution in [0.15, 0.2) is 63.9 Å². The quantitative estimate of drug-likeness (QED) is 0.804. The Balaban J connectivity index is 2.11. The summed E-state index contributed by atoms with van der Waals surface area (Å²) >= 11 is 0. The van der Waals surface area contributed by atoms with Crippen LogP contribution in [0.3, 0.4) is 0 Å². The van der Waals surface area contributed by atoms with Gasteiger partial charge in [-0.1, -0.05) is 48.0 Å². The fraction of sp³-hybridized carbons (Fsp3) is 0.133. The minimum atomic E-state index is -3.58. The predicted octanol–water partition coefficient (Wildman–Crippen LogP) is 3.00. The molecule has 98 valence electrons. The van der Waals surface area contributed by atoms with Gasteiger partial charge in [0, 0.05) is 12.6 Å². The molecule has 0 amide bonds. The Morgan fingerprint density at radius 3 is 2.26 bits per heavy atom. The van der Waals surface area contributed by atoms with Crippen LogP contribution in [-0.2, 0) is 16.4 Å². The summed E-state index contributed by atoms with van der Waals surface area (Å²) in [6.07, 6.45) is 1.94. The second-order valence-electron chi connectivity index (χ2n) is 4.27. The summed E-state index contributed by atoms with van der Waals surface area (Å²) in [5.41, 5.74) is 2.05. The Morgan fingerprint density at radius 1 is 1.00 bits per heavy atom. The maximum Gasteiger partial charge on any atom is 0.281 e. The topological polar surface area (TPSA) is 46.5 Å². The molecule has 4 heteroatoms. The fourth-order valence-corrected chi connectivity index (χ4v) is 2.50. The number of hydrogen-bond acceptors (Lipinski definition) is 2. The monoisotopic (exact) mass is 273 g/mol. The highest BCUT2D eigenvalue weighted by Gasteiger charge is 2.10. The minimum Gasteiger partial charge on any atom is -0.199 e. The van der Waals surface area contributed by atoms with E-state index in [-0.39, 0.29) is 4.90 Å². The highest BCUT2D eigenvalue weighted by Crippen LogP contribution is 2.12. The standard InChI is InChI=1S/C15H15NO2S/c1-13-7-9-15(10-8-13)19(17,18)16-12-11-14-5-3-2-4-6-14/h2-10,12H,11H2,1H3/b16-12+. The van der Waals surface area contributed by atoms with Crippen molar-refractivity contribution in [2.45, 2.75) is 18.2 Å². The van der Waals surface area contributed by atoms with Crippen molar-refractivity contribution in [3.05, 3.63) is 65.7 Å². The second kappa shape index (κ2) is 5.80. The Bertz CT molecular complexity index is 659. The smallest absolute Gasteiger partial charge is 0.199 e. The molecule has 0 spiro atoms. The Morgan fingerprint density at radius 2 is 1.63 bits per heavy atom. The molecule has 0 saturated carbocycles. The van der Waals surface area contributed by atoms with E-state index in [1.807, 2.05) is 37.3 Å². The van der Waals surface area contributed by atoms with Crippen molar-refractivity contribution >= 4 is 16.2 Å². The van der Waals surface area contributed by atoms with E-state index in [0.717, 1.165) is 11.1 Å². The molecule has 0 aliphatic rings. The molecule has 2 aromatic rings. The first-order valence-electron chi connectivity index (χ1n) is 5.97. The van der Waals surface area contributed by atoms with Crippen molar-refractivity contribution in [3.8, 4) is 0 Å². The van der Waals surface area contributed by atoms with Crippen LogP contribution in [0, 0.1) is 6.92 Å². The van der Waals surface area contributed by atoms with Crippen LogP contribution in [0.5, 0.6) is 0 Å². The lowest BCUT2D eigenvalue weighted by Gasteiger charge is -1.99. The van der Waals surface area contributed by atoms with Crippen molar-refractivity contribution in [2.24, 2.45) is 4.40 Å². The molecule has 0 aromatic heterocycles. The SMILES string of the molecule is Cc1ccc(S(=O)(=O)/N=C/Cc2ccccc2)cc1. The van der Waals surface area contributed by atoms with E-state index < -0.39 is 10.0 Å². The molecule has 0 aliphatic carbocycles. The van der Waals surface area contributed by atoms with Gasteiger partial charge in [0.1, 0.15) is 0 Å². The zero-order chi connectivity index (χ0) is 13.7. The average molecular weight is 273 g/mol.